The quantitative estimate of drug-likeness (QED) is 0.417. The molecule has 3 aromatic heterocycles. The summed E-state index contributed by atoms with van der Waals surface area (Å²) in [6.07, 6.45) is 7.22. The Balaban J connectivity index is 1.62. The molecule has 7 nitrogen and oxygen atoms in total. The zero-order valence-electron chi connectivity index (χ0n) is 16.8. The highest BCUT2D eigenvalue weighted by Gasteiger charge is 2.16. The first-order valence-corrected chi connectivity index (χ1v) is 9.67. The van der Waals surface area contributed by atoms with Crippen LogP contribution >= 0.6 is 0 Å². The van der Waals surface area contributed by atoms with Crippen molar-refractivity contribution in [3.8, 4) is 16.9 Å². The maximum Gasteiger partial charge on any atom is 0.292 e. The number of hydrogen-bond donors (Lipinski definition) is 1. The van der Waals surface area contributed by atoms with E-state index in [-0.39, 0.29) is 19.3 Å². The molecule has 0 amide bonds. The lowest BCUT2D eigenvalue weighted by molar-refractivity contribution is 0.270. The molecule has 0 bridgehead atoms. The van der Waals surface area contributed by atoms with Crippen LogP contribution in [0.1, 0.15) is 18.5 Å². The average molecular weight is 422 g/mol. The minimum Gasteiger partial charge on any atom is -0.490 e. The predicted molar refractivity (Wildman–Crippen MR) is 113 cm³/mol. The zero-order valence-corrected chi connectivity index (χ0v) is 16.8. The summed E-state index contributed by atoms with van der Waals surface area (Å²) < 4.78 is 35.2. The number of anilines is 1. The van der Waals surface area contributed by atoms with Crippen molar-refractivity contribution in [1.29, 1.82) is 0 Å². The smallest absolute Gasteiger partial charge is 0.292 e. The van der Waals surface area contributed by atoms with Gasteiger partial charge in [-0.2, -0.15) is 5.10 Å². The maximum atomic E-state index is 13.8. The molecule has 0 spiro atoms. The second kappa shape index (κ2) is 8.83. The summed E-state index contributed by atoms with van der Waals surface area (Å²) in [7, 11) is 0. The van der Waals surface area contributed by atoms with Crippen molar-refractivity contribution in [1.82, 2.24) is 19.2 Å². The Labute approximate surface area is 177 Å². The van der Waals surface area contributed by atoms with E-state index in [4.69, 9.17) is 11.3 Å². The summed E-state index contributed by atoms with van der Waals surface area (Å²) in [5, 5.41) is 7.59. The van der Waals surface area contributed by atoms with E-state index < -0.39 is 12.5 Å². The van der Waals surface area contributed by atoms with Crippen LogP contribution in [0.2, 0.25) is 0 Å². The Morgan fingerprint density at radius 3 is 2.94 bits per heavy atom. The molecule has 158 valence electrons. The number of nitrogens with zero attached hydrogens (tertiary/aromatic N) is 5. The van der Waals surface area contributed by atoms with Gasteiger partial charge < -0.3 is 10.1 Å². The lowest BCUT2D eigenvalue weighted by atomic mass is 10.1. The number of nitrogens with one attached hydrogen (secondary N) is 1. The number of benzene rings is 1. The van der Waals surface area contributed by atoms with Crippen LogP contribution < -0.4 is 10.1 Å². The largest absolute Gasteiger partial charge is 0.490 e. The van der Waals surface area contributed by atoms with Crippen LogP contribution in [0.3, 0.4) is 0 Å². The molecule has 31 heavy (non-hydrogen) atoms. The highest BCUT2D eigenvalue weighted by molar-refractivity contribution is 5.77. The summed E-state index contributed by atoms with van der Waals surface area (Å²) in [6.45, 7) is 8.38. The Hall–Kier alpha value is -3.93. The summed E-state index contributed by atoms with van der Waals surface area (Å²) >= 11 is 0. The first-order valence-electron chi connectivity index (χ1n) is 9.67. The van der Waals surface area contributed by atoms with E-state index in [1.54, 1.807) is 27.5 Å². The van der Waals surface area contributed by atoms with Gasteiger partial charge >= 0.3 is 0 Å². The number of ether oxygens (including phenoxy) is 1. The first kappa shape index (κ1) is 20.3. The molecule has 0 saturated carbocycles. The number of hydrogen-bond acceptors (Lipinski definition) is 4. The minimum atomic E-state index is -0.627. The van der Waals surface area contributed by atoms with Gasteiger partial charge in [-0.3, -0.25) is 9.41 Å². The third-order valence-corrected chi connectivity index (χ3v) is 4.80. The van der Waals surface area contributed by atoms with Gasteiger partial charge in [0.1, 0.15) is 30.7 Å². The van der Waals surface area contributed by atoms with Gasteiger partial charge in [-0.1, -0.05) is 0 Å². The Kier molecular flexibility index (Phi) is 5.80. The molecule has 0 aliphatic carbocycles. The van der Waals surface area contributed by atoms with E-state index in [2.05, 4.69) is 20.2 Å². The van der Waals surface area contributed by atoms with Crippen molar-refractivity contribution >= 4 is 11.5 Å². The second-order valence-electron chi connectivity index (χ2n) is 6.94. The standard InChI is InChI=1S/C22H20F2N6O/c1-15(18-11-17(24)3-4-20(18)31-10-7-23)27-21-6-9-30-22(28-21)19(12-26-30)16-5-8-29(13-16)14-25-2/h3-6,8-9,11-13,15H,7,10,14H2,1H3,(H,27,28)/t15-/m1/s1. The van der Waals surface area contributed by atoms with Crippen LogP contribution in [0.5, 0.6) is 5.75 Å². The molecule has 0 radical (unpaired) electrons. The predicted octanol–water partition coefficient (Wildman–Crippen LogP) is 4.74. The minimum absolute atomic E-state index is 0.0953. The number of halogens is 2. The molecule has 0 aliphatic heterocycles. The van der Waals surface area contributed by atoms with E-state index >= 15 is 0 Å². The van der Waals surface area contributed by atoms with Crippen molar-refractivity contribution < 1.29 is 13.5 Å². The van der Waals surface area contributed by atoms with E-state index in [0.29, 0.717) is 22.8 Å². The lowest BCUT2D eigenvalue weighted by Gasteiger charge is -2.19. The van der Waals surface area contributed by atoms with Crippen LogP contribution in [0.4, 0.5) is 14.6 Å². The molecule has 0 unspecified atom stereocenters. The fourth-order valence-electron chi connectivity index (χ4n) is 3.36. The first-order chi connectivity index (χ1) is 15.1. The monoisotopic (exact) mass is 422 g/mol. The Morgan fingerprint density at radius 2 is 2.13 bits per heavy atom. The molecule has 0 aliphatic rings. The van der Waals surface area contributed by atoms with Crippen LogP contribution in [0.15, 0.2) is 55.1 Å². The Bertz CT molecular complexity index is 1240. The van der Waals surface area contributed by atoms with Crippen LogP contribution in [-0.4, -0.2) is 32.4 Å². The summed E-state index contributed by atoms with van der Waals surface area (Å²) in [6, 6.07) is 7.49. The topological polar surface area (TPSA) is 60.7 Å². The molecule has 1 N–H and O–H groups in total. The Morgan fingerprint density at radius 1 is 1.26 bits per heavy atom. The van der Waals surface area contributed by atoms with Crippen LogP contribution in [0, 0.1) is 12.4 Å². The molecule has 9 heteroatoms. The molecule has 0 saturated heterocycles. The molecule has 1 aromatic carbocycles. The normalized spacial score (nSPS) is 11.9. The molecule has 1 atom stereocenters. The van der Waals surface area contributed by atoms with Crippen molar-refractivity contribution in [2.75, 3.05) is 18.6 Å². The summed E-state index contributed by atoms with van der Waals surface area (Å²) in [4.78, 5) is 8.05. The fraction of sp³-hybridized carbons (Fsp3) is 0.227. The van der Waals surface area contributed by atoms with Gasteiger partial charge in [0.25, 0.3) is 6.67 Å². The van der Waals surface area contributed by atoms with Crippen LogP contribution in [0.25, 0.3) is 21.6 Å². The van der Waals surface area contributed by atoms with Gasteiger partial charge in [-0.15, -0.1) is 0 Å². The van der Waals surface area contributed by atoms with Gasteiger partial charge in [0, 0.05) is 35.3 Å². The average Bonchev–Trinajstić information content (AvgIpc) is 3.39. The molecule has 0 fully saturated rings. The highest BCUT2D eigenvalue weighted by atomic mass is 19.1. The van der Waals surface area contributed by atoms with Gasteiger partial charge in [-0.05, 0) is 37.3 Å². The number of alkyl halides is 1. The van der Waals surface area contributed by atoms with E-state index in [1.807, 2.05) is 25.4 Å². The van der Waals surface area contributed by atoms with E-state index in [1.165, 1.54) is 18.2 Å². The van der Waals surface area contributed by atoms with Crippen molar-refractivity contribution in [2.45, 2.75) is 19.6 Å². The number of rotatable bonds is 8. The van der Waals surface area contributed by atoms with E-state index in [9.17, 15) is 8.78 Å². The molecule has 3 heterocycles. The van der Waals surface area contributed by atoms with Crippen LogP contribution in [-0.2, 0) is 6.67 Å². The fourth-order valence-corrected chi connectivity index (χ4v) is 3.36. The zero-order chi connectivity index (χ0) is 21.8. The maximum absolute atomic E-state index is 13.8. The SMILES string of the molecule is [C-]#[N+]Cn1ccc(-c2cnn3ccc(N[C@H](C)c4cc(F)ccc4OCCF)nc23)c1. The van der Waals surface area contributed by atoms with Gasteiger partial charge in [0.05, 0.1) is 12.2 Å². The summed E-state index contributed by atoms with van der Waals surface area (Å²) in [5.74, 6) is 0.594. The third kappa shape index (κ3) is 4.33. The molecule has 4 aromatic rings. The third-order valence-electron chi connectivity index (χ3n) is 4.80. The van der Waals surface area contributed by atoms with Gasteiger partial charge in [0.2, 0.25) is 0 Å². The van der Waals surface area contributed by atoms with Gasteiger partial charge in [0.15, 0.2) is 5.65 Å². The molecule has 4 rings (SSSR count). The van der Waals surface area contributed by atoms with Crippen molar-refractivity contribution in [3.63, 3.8) is 0 Å². The van der Waals surface area contributed by atoms with Gasteiger partial charge in [-0.25, -0.2) is 24.9 Å². The number of fused-ring (bicyclic) bond motifs is 1. The molecular formula is C22H20F2N6O. The van der Waals surface area contributed by atoms with Crippen molar-refractivity contribution in [2.24, 2.45) is 0 Å². The number of aromatic nitrogens is 4. The highest BCUT2D eigenvalue weighted by Crippen LogP contribution is 2.30. The second-order valence-corrected chi connectivity index (χ2v) is 6.94. The van der Waals surface area contributed by atoms with Crippen molar-refractivity contribution in [3.05, 3.63) is 77.9 Å². The lowest BCUT2D eigenvalue weighted by Crippen LogP contribution is -2.11. The summed E-state index contributed by atoms with van der Waals surface area (Å²) in [5.41, 5.74) is 2.95. The van der Waals surface area contributed by atoms with E-state index in [0.717, 1.165) is 11.1 Å². The molecular weight excluding hydrogens is 402 g/mol.